The molecule has 0 saturated heterocycles. The lowest BCUT2D eigenvalue weighted by Crippen LogP contribution is -2.49. The molecule has 0 heterocycles. The predicted octanol–water partition coefficient (Wildman–Crippen LogP) is 2.64. The van der Waals surface area contributed by atoms with Crippen molar-refractivity contribution in [2.24, 2.45) is 0 Å². The smallest absolute Gasteiger partial charge is 0.387 e. The lowest BCUT2D eigenvalue weighted by Gasteiger charge is -2.18. The van der Waals surface area contributed by atoms with Crippen LogP contribution < -0.4 is 20.8 Å². The molecule has 0 spiro atoms. The Balaban J connectivity index is 2.61. The summed E-state index contributed by atoms with van der Waals surface area (Å²) in [6.07, 6.45) is 0. The lowest BCUT2D eigenvalue weighted by molar-refractivity contribution is -0.0497. The second-order valence-electron chi connectivity index (χ2n) is 3.98. The van der Waals surface area contributed by atoms with E-state index in [-0.39, 0.29) is 16.5 Å². The normalized spacial score (nSPS) is 10.1. The molecule has 0 atom stereocenters. The number of carbonyl (C=O) groups excluding carboxylic acids is 2. The molecule has 1 aromatic rings. The molecule has 3 N–H and O–H groups in total. The first-order valence-electron chi connectivity index (χ1n) is 6.17. The van der Waals surface area contributed by atoms with Gasteiger partial charge in [0.1, 0.15) is 5.75 Å². The number of rotatable bonds is 4. The van der Waals surface area contributed by atoms with Crippen molar-refractivity contribution in [3.05, 3.63) is 23.2 Å². The minimum Gasteiger partial charge on any atom is -0.433 e. The zero-order valence-electron chi connectivity index (χ0n) is 11.8. The maximum Gasteiger partial charge on any atom is 0.387 e. The maximum absolute atomic E-state index is 12.1. The van der Waals surface area contributed by atoms with E-state index in [2.05, 4.69) is 20.8 Å². The van der Waals surface area contributed by atoms with E-state index in [1.54, 1.807) is 6.92 Å². The van der Waals surface area contributed by atoms with E-state index in [0.29, 0.717) is 6.54 Å². The van der Waals surface area contributed by atoms with Gasteiger partial charge in [-0.2, -0.15) is 8.78 Å². The fourth-order valence-corrected chi connectivity index (χ4v) is 1.63. The summed E-state index contributed by atoms with van der Waals surface area (Å²) in [5.41, 5.74) is 2.50. The molecule has 7 nitrogen and oxygen atoms in total. The number of nitrogens with zero attached hydrogens (tertiary/aromatic N) is 1. The number of benzene rings is 1. The summed E-state index contributed by atoms with van der Waals surface area (Å²) in [5, 5.41) is 5.74. The molecular formula is C12H15ClF2N4O3. The molecule has 0 saturated carbocycles. The van der Waals surface area contributed by atoms with E-state index >= 15 is 0 Å². The molecule has 0 fully saturated rings. The first-order valence-corrected chi connectivity index (χ1v) is 6.54. The molecule has 0 radical (unpaired) electrons. The number of amides is 4. The monoisotopic (exact) mass is 336 g/mol. The highest BCUT2D eigenvalue weighted by atomic mass is 35.5. The Bertz CT molecular complexity index is 545. The second-order valence-corrected chi connectivity index (χ2v) is 4.39. The van der Waals surface area contributed by atoms with Gasteiger partial charge in [-0.25, -0.2) is 20.0 Å². The predicted molar refractivity (Wildman–Crippen MR) is 77.1 cm³/mol. The number of halogens is 3. The topological polar surface area (TPSA) is 82.7 Å². The van der Waals surface area contributed by atoms with Crippen molar-refractivity contribution in [2.75, 3.05) is 18.9 Å². The van der Waals surface area contributed by atoms with Crippen LogP contribution in [0.1, 0.15) is 6.92 Å². The number of hydrogen-bond acceptors (Lipinski definition) is 3. The molecule has 22 heavy (non-hydrogen) atoms. The largest absolute Gasteiger partial charge is 0.433 e. The van der Waals surface area contributed by atoms with Crippen LogP contribution in [0.4, 0.5) is 24.1 Å². The zero-order valence-corrected chi connectivity index (χ0v) is 12.6. The van der Waals surface area contributed by atoms with Gasteiger partial charge in [0, 0.05) is 19.3 Å². The Hall–Kier alpha value is -2.29. The Kier molecular flexibility index (Phi) is 6.64. The molecule has 0 aromatic heterocycles. The molecule has 0 aliphatic carbocycles. The first kappa shape index (κ1) is 17.8. The summed E-state index contributed by atoms with van der Waals surface area (Å²) >= 11 is 5.75. The van der Waals surface area contributed by atoms with Gasteiger partial charge in [0.2, 0.25) is 0 Å². The summed E-state index contributed by atoms with van der Waals surface area (Å²) in [4.78, 5) is 23.1. The molecule has 122 valence electrons. The molecular weight excluding hydrogens is 322 g/mol. The van der Waals surface area contributed by atoms with Gasteiger partial charge in [-0.15, -0.1) is 0 Å². The highest BCUT2D eigenvalue weighted by molar-refractivity contribution is 6.32. The third-order valence-electron chi connectivity index (χ3n) is 2.31. The standard InChI is InChI=1S/C12H15ClF2N4O3/c1-3-16-12(21)19(2)18-11(20)17-7-4-5-9(8(13)6-7)22-10(14)15/h4-6,10H,3H2,1-2H3,(H,16,21)(H2,17,18,20). The van der Waals surface area contributed by atoms with Crippen molar-refractivity contribution in [2.45, 2.75) is 13.5 Å². The summed E-state index contributed by atoms with van der Waals surface area (Å²) in [6.45, 7) is -0.852. The summed E-state index contributed by atoms with van der Waals surface area (Å²) in [7, 11) is 1.36. The molecule has 1 aromatic carbocycles. The number of ether oxygens (including phenoxy) is 1. The van der Waals surface area contributed by atoms with Gasteiger partial charge in [-0.1, -0.05) is 11.6 Å². The van der Waals surface area contributed by atoms with Crippen LogP contribution in [0, 0.1) is 0 Å². The van der Waals surface area contributed by atoms with Crippen molar-refractivity contribution < 1.29 is 23.1 Å². The number of hydrazine groups is 1. The van der Waals surface area contributed by atoms with E-state index in [9.17, 15) is 18.4 Å². The lowest BCUT2D eigenvalue weighted by atomic mass is 10.3. The second kappa shape index (κ2) is 8.23. The van der Waals surface area contributed by atoms with E-state index in [4.69, 9.17) is 11.6 Å². The van der Waals surface area contributed by atoms with Crippen molar-refractivity contribution in [3.63, 3.8) is 0 Å². The van der Waals surface area contributed by atoms with Crippen LogP contribution in [0.3, 0.4) is 0 Å². The van der Waals surface area contributed by atoms with Crippen LogP contribution >= 0.6 is 11.6 Å². The maximum atomic E-state index is 12.1. The molecule has 0 aliphatic heterocycles. The Morgan fingerprint density at radius 3 is 2.64 bits per heavy atom. The van der Waals surface area contributed by atoms with Crippen molar-refractivity contribution >= 4 is 29.4 Å². The van der Waals surface area contributed by atoms with Crippen LogP contribution in [-0.4, -0.2) is 37.3 Å². The number of carbonyl (C=O) groups is 2. The average Bonchev–Trinajstić information content (AvgIpc) is 2.41. The first-order chi connectivity index (χ1) is 10.3. The number of nitrogens with one attached hydrogen (secondary N) is 3. The minimum absolute atomic E-state index is 0.0878. The summed E-state index contributed by atoms with van der Waals surface area (Å²) in [6, 6.07) is 2.57. The third-order valence-corrected chi connectivity index (χ3v) is 2.60. The van der Waals surface area contributed by atoms with E-state index in [1.165, 1.54) is 25.2 Å². The number of urea groups is 2. The van der Waals surface area contributed by atoms with Crippen molar-refractivity contribution in [1.82, 2.24) is 15.8 Å². The molecule has 4 amide bonds. The molecule has 0 unspecified atom stereocenters. The minimum atomic E-state index is -3.00. The molecule has 0 bridgehead atoms. The van der Waals surface area contributed by atoms with Gasteiger partial charge < -0.3 is 15.4 Å². The van der Waals surface area contributed by atoms with Gasteiger partial charge in [-0.3, -0.25) is 0 Å². The van der Waals surface area contributed by atoms with Crippen LogP contribution in [0.15, 0.2) is 18.2 Å². The van der Waals surface area contributed by atoms with Crippen molar-refractivity contribution in [3.8, 4) is 5.75 Å². The molecule has 0 aliphatic rings. The Labute approximate surface area is 130 Å². The van der Waals surface area contributed by atoms with Crippen LogP contribution in [-0.2, 0) is 0 Å². The highest BCUT2D eigenvalue weighted by Crippen LogP contribution is 2.28. The third kappa shape index (κ3) is 5.60. The zero-order chi connectivity index (χ0) is 16.7. The molecule has 1 rings (SSSR count). The number of anilines is 1. The highest BCUT2D eigenvalue weighted by Gasteiger charge is 2.12. The fourth-order valence-electron chi connectivity index (χ4n) is 1.40. The van der Waals surface area contributed by atoms with Gasteiger partial charge in [0.15, 0.2) is 0 Å². The van der Waals surface area contributed by atoms with Gasteiger partial charge in [0.05, 0.1) is 5.02 Å². The average molecular weight is 337 g/mol. The SMILES string of the molecule is CCNC(=O)N(C)NC(=O)Nc1ccc(OC(F)F)c(Cl)c1. The van der Waals surface area contributed by atoms with Crippen molar-refractivity contribution in [1.29, 1.82) is 0 Å². The van der Waals surface area contributed by atoms with E-state index < -0.39 is 18.7 Å². The number of alkyl halides is 2. The summed E-state index contributed by atoms with van der Waals surface area (Å²) < 4.78 is 28.4. The Morgan fingerprint density at radius 2 is 2.09 bits per heavy atom. The van der Waals surface area contributed by atoms with Gasteiger partial charge >= 0.3 is 18.7 Å². The Morgan fingerprint density at radius 1 is 1.41 bits per heavy atom. The van der Waals surface area contributed by atoms with Crippen LogP contribution in [0.5, 0.6) is 5.75 Å². The van der Waals surface area contributed by atoms with E-state index in [1.807, 2.05) is 0 Å². The quantitative estimate of drug-likeness (QED) is 0.739. The number of hydrogen-bond donors (Lipinski definition) is 3. The summed E-state index contributed by atoms with van der Waals surface area (Å²) in [5.74, 6) is -0.206. The van der Waals surface area contributed by atoms with Gasteiger partial charge in [0.25, 0.3) is 0 Å². The fraction of sp³-hybridized carbons (Fsp3) is 0.333. The molecule has 10 heteroatoms. The van der Waals surface area contributed by atoms with Crippen LogP contribution in [0.2, 0.25) is 5.02 Å². The van der Waals surface area contributed by atoms with Crippen LogP contribution in [0.25, 0.3) is 0 Å². The van der Waals surface area contributed by atoms with Gasteiger partial charge in [-0.05, 0) is 25.1 Å². The van der Waals surface area contributed by atoms with E-state index in [0.717, 1.165) is 5.01 Å².